The molecule has 0 aromatic heterocycles. The van der Waals surface area contributed by atoms with Crippen molar-refractivity contribution in [1.29, 1.82) is 5.26 Å². The summed E-state index contributed by atoms with van der Waals surface area (Å²) in [6.45, 7) is 1.18. The first-order valence-electron chi connectivity index (χ1n) is 2.91. The maximum Gasteiger partial charge on any atom is 0.490 e. The number of hydrogen-bond donors (Lipinski definition) is 3. The lowest BCUT2D eigenvalue weighted by atomic mass is 10.7. The molecule has 0 aliphatic rings. The SMILES string of the molecule is CC#N.CO.O.O=C(O)C(F)(F)F.O=CO. The summed E-state index contributed by atoms with van der Waals surface area (Å²) >= 11 is 0. The molecule has 0 radical (unpaired) electrons. The molecule has 0 spiro atoms. The molecule has 0 rings (SSSR count). The van der Waals surface area contributed by atoms with Gasteiger partial charge >= 0.3 is 12.1 Å². The number of nitriles is 1. The standard InChI is InChI=1S/C2HF3O2.C2H3N.CH2O2.CH4O.H2O/c3-2(4,5)1(6)7;1-2-3;2-1-3;1-2;/h(H,6,7);1H3;1H,(H,2,3);2H,1H3;1H2. The van der Waals surface area contributed by atoms with Crippen molar-refractivity contribution in [2.24, 2.45) is 0 Å². The normalized spacial score (nSPS) is 6.56. The number of nitrogens with zero attached hydrogens (tertiary/aromatic N) is 1. The second-order valence-corrected chi connectivity index (χ2v) is 1.13. The largest absolute Gasteiger partial charge is 0.490 e. The van der Waals surface area contributed by atoms with Crippen LogP contribution >= 0.6 is 0 Å². The van der Waals surface area contributed by atoms with Crippen LogP contribution in [-0.2, 0) is 9.59 Å². The molecule has 0 saturated carbocycles. The number of rotatable bonds is 0. The van der Waals surface area contributed by atoms with Gasteiger partial charge in [-0.25, -0.2) is 4.79 Å². The number of halogens is 3. The Kier molecular flexibility index (Phi) is 42.3. The van der Waals surface area contributed by atoms with Crippen molar-refractivity contribution < 1.29 is 43.6 Å². The molecule has 0 aliphatic carbocycles. The minimum atomic E-state index is -5.08. The second kappa shape index (κ2) is 23.2. The van der Waals surface area contributed by atoms with Gasteiger partial charge in [-0.2, -0.15) is 18.4 Å². The second-order valence-electron chi connectivity index (χ2n) is 1.13. The first-order valence-corrected chi connectivity index (χ1v) is 2.91. The van der Waals surface area contributed by atoms with Crippen molar-refractivity contribution in [3.8, 4) is 6.07 Å². The zero-order valence-corrected chi connectivity index (χ0v) is 8.32. The molecule has 10 heteroatoms. The maximum atomic E-state index is 10.6. The molecule has 0 unspecified atom stereocenters. The Hall–Kier alpha value is -1.86. The van der Waals surface area contributed by atoms with E-state index in [1.807, 2.05) is 0 Å². The highest BCUT2D eigenvalue weighted by atomic mass is 19.4. The highest BCUT2D eigenvalue weighted by Gasteiger charge is 2.38. The van der Waals surface area contributed by atoms with Gasteiger partial charge in [0.05, 0.1) is 6.07 Å². The van der Waals surface area contributed by atoms with Crippen molar-refractivity contribution in [2.45, 2.75) is 13.1 Å². The minimum absolute atomic E-state index is 0. The van der Waals surface area contributed by atoms with Crippen molar-refractivity contribution in [2.75, 3.05) is 7.11 Å². The van der Waals surface area contributed by atoms with Gasteiger partial charge in [-0.15, -0.1) is 0 Å². The summed E-state index contributed by atoms with van der Waals surface area (Å²) in [4.78, 5) is 17.3. The summed E-state index contributed by atoms with van der Waals surface area (Å²) in [7, 11) is 1.00. The lowest BCUT2D eigenvalue weighted by Crippen LogP contribution is -2.21. The van der Waals surface area contributed by atoms with E-state index in [-0.39, 0.29) is 11.9 Å². The van der Waals surface area contributed by atoms with Gasteiger partial charge in [0.15, 0.2) is 0 Å². The van der Waals surface area contributed by atoms with E-state index in [1.165, 1.54) is 6.92 Å². The van der Waals surface area contributed by atoms with Gasteiger partial charge in [0, 0.05) is 14.0 Å². The quantitative estimate of drug-likeness (QED) is 0.500. The number of aliphatic carboxylic acids is 1. The van der Waals surface area contributed by atoms with Crippen LogP contribution in [0, 0.1) is 11.3 Å². The van der Waals surface area contributed by atoms with Crippen molar-refractivity contribution >= 4 is 12.4 Å². The number of carboxylic acids is 1. The monoisotopic (exact) mass is 251 g/mol. The third-order valence-electron chi connectivity index (χ3n) is 0.243. The van der Waals surface area contributed by atoms with Gasteiger partial charge in [0.2, 0.25) is 0 Å². The fourth-order valence-corrected chi connectivity index (χ4v) is 0. The van der Waals surface area contributed by atoms with Gasteiger partial charge < -0.3 is 20.8 Å². The number of aliphatic hydroxyl groups excluding tert-OH is 1. The van der Waals surface area contributed by atoms with Gasteiger partial charge in [0.1, 0.15) is 0 Å². The third kappa shape index (κ3) is 87.9. The summed E-state index contributed by atoms with van der Waals surface area (Å²) in [6, 6.07) is 1.75. The summed E-state index contributed by atoms with van der Waals surface area (Å²) in [6.07, 6.45) is -5.08. The Bertz CT molecular complexity index is 188. The van der Waals surface area contributed by atoms with Crippen molar-refractivity contribution in [1.82, 2.24) is 0 Å². The van der Waals surface area contributed by atoms with E-state index in [0.717, 1.165) is 7.11 Å². The fraction of sp³-hybridized carbons (Fsp3) is 0.500. The van der Waals surface area contributed by atoms with E-state index in [0.29, 0.717) is 0 Å². The Morgan fingerprint density at radius 3 is 1.44 bits per heavy atom. The number of carboxylic acid groups (broad SMARTS) is 2. The molecule has 5 N–H and O–H groups in total. The van der Waals surface area contributed by atoms with Crippen LogP contribution in [0.5, 0.6) is 0 Å². The summed E-state index contributed by atoms with van der Waals surface area (Å²) in [5.74, 6) is -2.76. The van der Waals surface area contributed by atoms with Gasteiger partial charge in [0.25, 0.3) is 6.47 Å². The lowest BCUT2D eigenvalue weighted by Gasteiger charge is -1.93. The smallest absolute Gasteiger partial charge is 0.483 e. The Morgan fingerprint density at radius 2 is 1.44 bits per heavy atom. The van der Waals surface area contributed by atoms with Gasteiger partial charge in [-0.3, -0.25) is 4.79 Å². The highest BCUT2D eigenvalue weighted by Crippen LogP contribution is 2.13. The van der Waals surface area contributed by atoms with E-state index in [2.05, 4.69) is 0 Å². The van der Waals surface area contributed by atoms with Crippen LogP contribution in [0.25, 0.3) is 0 Å². The number of carbonyl (C=O) groups is 2. The molecule has 0 saturated heterocycles. The van der Waals surface area contributed by atoms with Crippen LogP contribution < -0.4 is 0 Å². The molecular formula is C6H12F3NO6. The maximum absolute atomic E-state index is 10.6. The summed E-state index contributed by atoms with van der Waals surface area (Å²) in [5, 5.41) is 28.3. The first kappa shape index (κ1) is 29.2. The molecule has 0 bridgehead atoms. The molecule has 98 valence electrons. The van der Waals surface area contributed by atoms with E-state index >= 15 is 0 Å². The zero-order valence-electron chi connectivity index (χ0n) is 8.32. The molecule has 0 heterocycles. The van der Waals surface area contributed by atoms with E-state index in [4.69, 9.17) is 30.2 Å². The first-order chi connectivity index (χ1) is 6.77. The molecule has 0 aromatic rings. The van der Waals surface area contributed by atoms with Gasteiger partial charge in [-0.05, 0) is 0 Å². The molecule has 16 heavy (non-hydrogen) atoms. The number of hydrogen-bond acceptors (Lipinski definition) is 4. The number of alkyl halides is 3. The van der Waals surface area contributed by atoms with Gasteiger partial charge in [-0.1, -0.05) is 0 Å². The van der Waals surface area contributed by atoms with Crippen LogP contribution in [0.3, 0.4) is 0 Å². The number of aliphatic hydroxyl groups is 1. The fourth-order valence-electron chi connectivity index (χ4n) is 0. The average Bonchev–Trinajstić information content (AvgIpc) is 2.08. The molecule has 0 amide bonds. The van der Waals surface area contributed by atoms with E-state index < -0.39 is 12.1 Å². The topological polar surface area (TPSA) is 150 Å². The highest BCUT2D eigenvalue weighted by molar-refractivity contribution is 5.73. The third-order valence-corrected chi connectivity index (χ3v) is 0.243. The van der Waals surface area contributed by atoms with Crippen molar-refractivity contribution in [3.05, 3.63) is 0 Å². The Labute approximate surface area is 88.7 Å². The molecule has 0 aromatic carbocycles. The molecule has 0 aliphatic heterocycles. The molecular weight excluding hydrogens is 239 g/mol. The predicted molar refractivity (Wildman–Crippen MR) is 45.4 cm³/mol. The average molecular weight is 251 g/mol. The predicted octanol–water partition coefficient (Wildman–Crippen LogP) is -0.352. The molecule has 0 fully saturated rings. The molecule has 0 atom stereocenters. The Morgan fingerprint density at radius 1 is 1.38 bits per heavy atom. The van der Waals surface area contributed by atoms with E-state index in [9.17, 15) is 13.2 Å². The summed E-state index contributed by atoms with van der Waals surface area (Å²) < 4.78 is 31.7. The van der Waals surface area contributed by atoms with Crippen LogP contribution in [0.4, 0.5) is 13.2 Å². The minimum Gasteiger partial charge on any atom is -0.483 e. The molecule has 7 nitrogen and oxygen atoms in total. The lowest BCUT2D eigenvalue weighted by molar-refractivity contribution is -0.192. The van der Waals surface area contributed by atoms with Crippen LogP contribution in [0.15, 0.2) is 0 Å². The summed E-state index contributed by atoms with van der Waals surface area (Å²) in [5.41, 5.74) is 0. The zero-order chi connectivity index (χ0) is 13.5. The van der Waals surface area contributed by atoms with Crippen LogP contribution in [0.1, 0.15) is 6.92 Å². The Balaban J connectivity index is -0.0000000383. The van der Waals surface area contributed by atoms with Crippen LogP contribution in [0.2, 0.25) is 0 Å². The van der Waals surface area contributed by atoms with Crippen LogP contribution in [-0.4, -0.2) is 46.5 Å². The van der Waals surface area contributed by atoms with Crippen molar-refractivity contribution in [3.63, 3.8) is 0 Å². The van der Waals surface area contributed by atoms with E-state index in [1.54, 1.807) is 6.07 Å².